The van der Waals surface area contributed by atoms with Crippen molar-refractivity contribution in [1.29, 1.82) is 0 Å². The van der Waals surface area contributed by atoms with Crippen molar-refractivity contribution in [3.63, 3.8) is 0 Å². The first-order valence-corrected chi connectivity index (χ1v) is 3.27. The van der Waals surface area contributed by atoms with E-state index in [1.807, 2.05) is 0 Å². The average molecular weight is 119 g/mol. The fourth-order valence-corrected chi connectivity index (χ4v) is 1.23. The van der Waals surface area contributed by atoms with Gasteiger partial charge in [-0.05, 0) is 18.1 Å². The molecule has 0 bridgehead atoms. The smallest absolute Gasteiger partial charge is 0.0375 e. The van der Waals surface area contributed by atoms with Crippen LogP contribution in [0.2, 0.25) is 0 Å². The monoisotopic (exact) mass is 119 g/mol. The number of hydrogen-bond acceptors (Lipinski definition) is 1. The van der Waals surface area contributed by atoms with Crippen LogP contribution in [-0.4, -0.2) is 6.54 Å². The molecule has 0 radical (unpaired) electrons. The number of rotatable bonds is 0. The first-order valence-electron chi connectivity index (χ1n) is 3.27. The first-order chi connectivity index (χ1) is 4.47. The molecule has 0 atom stereocenters. The Labute approximate surface area is 54.8 Å². The standard InChI is InChI=1S/C8H9N/c1-2-4-8-7(3-1)5-6-9-8/h1-2,4-5,9H,3,6H2. The highest BCUT2D eigenvalue weighted by atomic mass is 14.9. The molecule has 1 N–H and O–H groups in total. The highest BCUT2D eigenvalue weighted by Gasteiger charge is 2.09. The minimum absolute atomic E-state index is 1.02. The second-order valence-corrected chi connectivity index (χ2v) is 2.32. The summed E-state index contributed by atoms with van der Waals surface area (Å²) in [6, 6.07) is 0. The summed E-state index contributed by atoms with van der Waals surface area (Å²) in [6.07, 6.45) is 9.77. The highest BCUT2D eigenvalue weighted by Crippen LogP contribution is 2.19. The maximum atomic E-state index is 3.28. The third-order valence-electron chi connectivity index (χ3n) is 1.72. The van der Waals surface area contributed by atoms with Crippen molar-refractivity contribution in [3.05, 3.63) is 35.6 Å². The lowest BCUT2D eigenvalue weighted by Crippen LogP contribution is -2.06. The highest BCUT2D eigenvalue weighted by molar-refractivity contribution is 5.41. The molecule has 0 unspecified atom stereocenters. The van der Waals surface area contributed by atoms with Gasteiger partial charge < -0.3 is 5.32 Å². The second kappa shape index (κ2) is 1.76. The van der Waals surface area contributed by atoms with Crippen molar-refractivity contribution in [3.8, 4) is 0 Å². The molecule has 1 nitrogen and oxygen atoms in total. The Morgan fingerprint density at radius 3 is 3.33 bits per heavy atom. The molecule has 2 rings (SSSR count). The third-order valence-corrected chi connectivity index (χ3v) is 1.72. The van der Waals surface area contributed by atoms with Crippen LogP contribution >= 0.6 is 0 Å². The van der Waals surface area contributed by atoms with Gasteiger partial charge in [0.05, 0.1) is 0 Å². The molecule has 46 valence electrons. The van der Waals surface area contributed by atoms with E-state index in [0.29, 0.717) is 0 Å². The molecule has 1 heterocycles. The number of allylic oxidation sites excluding steroid dienone is 4. The predicted octanol–water partition coefficient (Wildman–Crippen LogP) is 1.36. The van der Waals surface area contributed by atoms with Gasteiger partial charge in [0.1, 0.15) is 0 Å². The lowest BCUT2D eigenvalue weighted by Gasteiger charge is -2.05. The van der Waals surface area contributed by atoms with Crippen LogP contribution in [0.25, 0.3) is 0 Å². The number of nitrogens with one attached hydrogen (secondary N) is 1. The van der Waals surface area contributed by atoms with Gasteiger partial charge in [0.15, 0.2) is 0 Å². The lowest BCUT2D eigenvalue weighted by molar-refractivity contribution is 0.962. The van der Waals surface area contributed by atoms with Gasteiger partial charge in [0, 0.05) is 12.2 Å². The van der Waals surface area contributed by atoms with E-state index in [-0.39, 0.29) is 0 Å². The molecule has 0 aromatic rings. The number of fused-ring (bicyclic) bond motifs is 1. The van der Waals surface area contributed by atoms with E-state index >= 15 is 0 Å². The van der Waals surface area contributed by atoms with Crippen molar-refractivity contribution in [1.82, 2.24) is 5.32 Å². The summed E-state index contributed by atoms with van der Waals surface area (Å²) in [7, 11) is 0. The fourth-order valence-electron chi connectivity index (χ4n) is 1.23. The van der Waals surface area contributed by atoms with E-state index in [1.54, 1.807) is 0 Å². The van der Waals surface area contributed by atoms with Gasteiger partial charge in [-0.1, -0.05) is 18.2 Å². The van der Waals surface area contributed by atoms with E-state index in [4.69, 9.17) is 0 Å². The van der Waals surface area contributed by atoms with E-state index in [9.17, 15) is 0 Å². The Hall–Kier alpha value is -0.980. The summed E-state index contributed by atoms with van der Waals surface area (Å²) in [5.74, 6) is 0. The molecule has 0 aromatic heterocycles. The van der Waals surface area contributed by atoms with Crippen molar-refractivity contribution in [2.75, 3.05) is 6.54 Å². The zero-order chi connectivity index (χ0) is 6.10. The Bertz CT molecular complexity index is 209. The van der Waals surface area contributed by atoms with Gasteiger partial charge in [-0.3, -0.25) is 0 Å². The van der Waals surface area contributed by atoms with Crippen LogP contribution in [-0.2, 0) is 0 Å². The lowest BCUT2D eigenvalue weighted by atomic mass is 10.1. The predicted molar refractivity (Wildman–Crippen MR) is 37.9 cm³/mol. The van der Waals surface area contributed by atoms with E-state index < -0.39 is 0 Å². The van der Waals surface area contributed by atoms with E-state index in [0.717, 1.165) is 13.0 Å². The summed E-state index contributed by atoms with van der Waals surface area (Å²) < 4.78 is 0. The molecule has 1 aliphatic carbocycles. The number of hydrogen-bond donors (Lipinski definition) is 1. The van der Waals surface area contributed by atoms with Crippen molar-refractivity contribution < 1.29 is 0 Å². The molecule has 0 saturated heterocycles. The molecule has 0 fully saturated rings. The molecular weight excluding hydrogens is 110 g/mol. The van der Waals surface area contributed by atoms with Crippen molar-refractivity contribution >= 4 is 0 Å². The Morgan fingerprint density at radius 1 is 1.44 bits per heavy atom. The van der Waals surface area contributed by atoms with E-state index in [1.165, 1.54) is 11.3 Å². The van der Waals surface area contributed by atoms with Crippen LogP contribution in [0.3, 0.4) is 0 Å². The van der Waals surface area contributed by atoms with Crippen LogP contribution in [0.1, 0.15) is 6.42 Å². The van der Waals surface area contributed by atoms with Gasteiger partial charge in [-0.15, -0.1) is 0 Å². The van der Waals surface area contributed by atoms with Gasteiger partial charge >= 0.3 is 0 Å². The topological polar surface area (TPSA) is 12.0 Å². The molecule has 1 heteroatoms. The van der Waals surface area contributed by atoms with Gasteiger partial charge in [0.2, 0.25) is 0 Å². The zero-order valence-electron chi connectivity index (χ0n) is 5.22. The van der Waals surface area contributed by atoms with Crippen LogP contribution in [0.4, 0.5) is 0 Å². The zero-order valence-corrected chi connectivity index (χ0v) is 5.22. The minimum Gasteiger partial charge on any atom is -0.381 e. The molecule has 0 spiro atoms. The molecule has 9 heavy (non-hydrogen) atoms. The average Bonchev–Trinajstić information content (AvgIpc) is 2.33. The van der Waals surface area contributed by atoms with Crippen LogP contribution in [0, 0.1) is 0 Å². The maximum absolute atomic E-state index is 3.28. The quantitative estimate of drug-likeness (QED) is 0.507. The fraction of sp³-hybridized carbons (Fsp3) is 0.250. The minimum atomic E-state index is 1.02. The molecule has 0 amide bonds. The normalized spacial score (nSPS) is 22.2. The summed E-state index contributed by atoms with van der Waals surface area (Å²) >= 11 is 0. The summed E-state index contributed by atoms with van der Waals surface area (Å²) in [6.45, 7) is 1.02. The Balaban J connectivity index is 2.37. The largest absolute Gasteiger partial charge is 0.381 e. The molecular formula is C8H9N. The van der Waals surface area contributed by atoms with Gasteiger partial charge in [0.25, 0.3) is 0 Å². The van der Waals surface area contributed by atoms with Crippen molar-refractivity contribution in [2.45, 2.75) is 6.42 Å². The summed E-state index contributed by atoms with van der Waals surface area (Å²) in [5.41, 5.74) is 2.77. The van der Waals surface area contributed by atoms with Gasteiger partial charge in [-0.2, -0.15) is 0 Å². The maximum Gasteiger partial charge on any atom is 0.0375 e. The molecule has 1 aliphatic heterocycles. The molecule has 2 aliphatic rings. The van der Waals surface area contributed by atoms with Crippen LogP contribution in [0.15, 0.2) is 35.6 Å². The first kappa shape index (κ1) is 4.86. The van der Waals surface area contributed by atoms with Gasteiger partial charge in [-0.25, -0.2) is 0 Å². The van der Waals surface area contributed by atoms with E-state index in [2.05, 4.69) is 29.6 Å². The summed E-state index contributed by atoms with van der Waals surface area (Å²) in [4.78, 5) is 0. The molecule has 0 aromatic carbocycles. The Kier molecular flexibility index (Phi) is 0.950. The SMILES string of the molecule is C1=CCC2=CCNC2=C1. The molecule has 0 saturated carbocycles. The second-order valence-electron chi connectivity index (χ2n) is 2.32. The van der Waals surface area contributed by atoms with Crippen LogP contribution in [0.5, 0.6) is 0 Å². The van der Waals surface area contributed by atoms with Crippen LogP contribution < -0.4 is 5.32 Å². The Morgan fingerprint density at radius 2 is 2.44 bits per heavy atom. The summed E-state index contributed by atoms with van der Waals surface area (Å²) in [5, 5.41) is 3.28. The third kappa shape index (κ3) is 0.689. The van der Waals surface area contributed by atoms with Crippen molar-refractivity contribution in [2.24, 2.45) is 0 Å².